The summed E-state index contributed by atoms with van der Waals surface area (Å²) in [6, 6.07) is 9.70. The molecule has 0 bridgehead atoms. The van der Waals surface area contributed by atoms with Gasteiger partial charge in [0, 0.05) is 31.4 Å². The minimum atomic E-state index is -0.405. The lowest BCUT2D eigenvalue weighted by Gasteiger charge is -2.41. The van der Waals surface area contributed by atoms with Gasteiger partial charge in [-0.25, -0.2) is 0 Å². The third-order valence-electron chi connectivity index (χ3n) is 5.42. The molecule has 6 nitrogen and oxygen atoms in total. The number of piperidine rings is 1. The fraction of sp³-hybridized carbons (Fsp3) is 0.500. The number of benzene rings is 1. The number of likely N-dealkylation sites (tertiary alicyclic amines) is 1. The fourth-order valence-corrected chi connectivity index (χ4v) is 4.32. The Bertz CT molecular complexity index is 729. The van der Waals surface area contributed by atoms with Crippen LogP contribution in [0.3, 0.4) is 0 Å². The van der Waals surface area contributed by atoms with Crippen molar-refractivity contribution in [2.75, 3.05) is 27.2 Å². The molecule has 3 rings (SSSR count). The number of hydrogen-bond donors (Lipinski definition) is 1. The Morgan fingerprint density at radius 2 is 2.08 bits per heavy atom. The monoisotopic (exact) mass is 355 g/mol. The summed E-state index contributed by atoms with van der Waals surface area (Å²) in [6.45, 7) is 1.89. The summed E-state index contributed by atoms with van der Waals surface area (Å²) in [5, 5.41) is 4.35. The highest BCUT2D eigenvalue weighted by Gasteiger charge is 2.34. The highest BCUT2D eigenvalue weighted by molar-refractivity contribution is 5.81. The smallest absolute Gasteiger partial charge is 0.239 e. The molecule has 140 valence electrons. The molecule has 1 aliphatic rings. The summed E-state index contributed by atoms with van der Waals surface area (Å²) >= 11 is 0. The topological polar surface area (TPSA) is 67.4 Å². The van der Waals surface area contributed by atoms with Gasteiger partial charge in [0.25, 0.3) is 0 Å². The molecule has 0 radical (unpaired) electrons. The molecule has 6 heteroatoms. The SMILES string of the molecule is CN(C[C@@H]1CCCN(C)[C@H]1c1cnn(C)c1)[C@@H](C(N)=O)c1ccccc1. The molecule has 0 aliphatic carbocycles. The zero-order valence-corrected chi connectivity index (χ0v) is 15.9. The van der Waals surface area contributed by atoms with Crippen molar-refractivity contribution in [3.8, 4) is 0 Å². The lowest BCUT2D eigenvalue weighted by Crippen LogP contribution is -2.44. The second-order valence-corrected chi connectivity index (χ2v) is 7.43. The van der Waals surface area contributed by atoms with Gasteiger partial charge in [-0.3, -0.25) is 19.3 Å². The maximum Gasteiger partial charge on any atom is 0.239 e. The fourth-order valence-electron chi connectivity index (χ4n) is 4.32. The third-order valence-corrected chi connectivity index (χ3v) is 5.42. The molecule has 1 amide bonds. The van der Waals surface area contributed by atoms with E-state index in [2.05, 4.69) is 28.1 Å². The predicted molar refractivity (Wildman–Crippen MR) is 102 cm³/mol. The van der Waals surface area contributed by atoms with Crippen molar-refractivity contribution < 1.29 is 4.79 Å². The molecule has 0 saturated carbocycles. The second-order valence-electron chi connectivity index (χ2n) is 7.43. The molecule has 2 aromatic rings. The number of rotatable bonds is 6. The van der Waals surface area contributed by atoms with Crippen LogP contribution in [0.15, 0.2) is 42.7 Å². The van der Waals surface area contributed by atoms with Crippen LogP contribution in [0, 0.1) is 5.92 Å². The first-order valence-corrected chi connectivity index (χ1v) is 9.20. The Hall–Kier alpha value is -2.18. The predicted octanol–water partition coefficient (Wildman–Crippen LogP) is 1.96. The van der Waals surface area contributed by atoms with E-state index < -0.39 is 6.04 Å². The van der Waals surface area contributed by atoms with Gasteiger partial charge in [-0.15, -0.1) is 0 Å². The number of likely N-dealkylation sites (N-methyl/N-ethyl adjacent to an activating group) is 1. The van der Waals surface area contributed by atoms with Crippen molar-refractivity contribution in [3.63, 3.8) is 0 Å². The van der Waals surface area contributed by atoms with Gasteiger partial charge >= 0.3 is 0 Å². The zero-order valence-electron chi connectivity index (χ0n) is 15.9. The second kappa shape index (κ2) is 8.01. The molecule has 1 fully saturated rings. The van der Waals surface area contributed by atoms with E-state index in [0.717, 1.165) is 25.1 Å². The Labute approximate surface area is 155 Å². The summed E-state index contributed by atoms with van der Waals surface area (Å²) < 4.78 is 1.86. The van der Waals surface area contributed by atoms with Crippen molar-refractivity contribution in [3.05, 3.63) is 53.9 Å². The number of amides is 1. The average Bonchev–Trinajstić information content (AvgIpc) is 3.01. The molecule has 0 spiro atoms. The van der Waals surface area contributed by atoms with Crippen molar-refractivity contribution in [1.82, 2.24) is 19.6 Å². The molecule has 2 heterocycles. The van der Waals surface area contributed by atoms with E-state index in [0.29, 0.717) is 12.0 Å². The highest BCUT2D eigenvalue weighted by atomic mass is 16.1. The van der Waals surface area contributed by atoms with Gasteiger partial charge in [0.15, 0.2) is 0 Å². The maximum absolute atomic E-state index is 12.2. The standard InChI is InChI=1S/C20H29N5O/c1-23-11-7-10-16(18(23)17-12-22-25(3)14-17)13-24(2)19(20(21)26)15-8-5-4-6-9-15/h4-6,8-9,12,14,16,18-19H,7,10-11,13H2,1-3H3,(H2,21,26)/t16-,18+,19+/m0/s1. The average molecular weight is 355 g/mol. The number of primary amides is 1. The van der Waals surface area contributed by atoms with Crippen molar-refractivity contribution in [2.24, 2.45) is 18.7 Å². The quantitative estimate of drug-likeness (QED) is 0.860. The van der Waals surface area contributed by atoms with Crippen molar-refractivity contribution in [1.29, 1.82) is 0 Å². The van der Waals surface area contributed by atoms with Gasteiger partial charge < -0.3 is 5.73 Å². The van der Waals surface area contributed by atoms with Gasteiger partial charge in [-0.1, -0.05) is 30.3 Å². The molecule has 2 N–H and O–H groups in total. The van der Waals surface area contributed by atoms with E-state index in [9.17, 15) is 4.79 Å². The van der Waals surface area contributed by atoms with Crippen LogP contribution in [0.1, 0.15) is 36.1 Å². The summed E-state index contributed by atoms with van der Waals surface area (Å²) in [7, 11) is 6.12. The summed E-state index contributed by atoms with van der Waals surface area (Å²) in [6.07, 6.45) is 6.36. The lowest BCUT2D eigenvalue weighted by atomic mass is 9.85. The van der Waals surface area contributed by atoms with Crippen LogP contribution in [0.4, 0.5) is 0 Å². The first kappa shape index (κ1) is 18.6. The van der Waals surface area contributed by atoms with E-state index >= 15 is 0 Å². The molecule has 1 saturated heterocycles. The summed E-state index contributed by atoms with van der Waals surface area (Å²) in [5.41, 5.74) is 7.93. The Kier molecular flexibility index (Phi) is 5.74. The van der Waals surface area contributed by atoms with E-state index in [1.165, 1.54) is 12.0 Å². The summed E-state index contributed by atoms with van der Waals surface area (Å²) in [4.78, 5) is 16.7. The highest BCUT2D eigenvalue weighted by Crippen LogP contribution is 2.36. The Balaban J connectivity index is 1.81. The van der Waals surface area contributed by atoms with Crippen LogP contribution < -0.4 is 5.73 Å². The van der Waals surface area contributed by atoms with Crippen LogP contribution in [0.5, 0.6) is 0 Å². The van der Waals surface area contributed by atoms with Gasteiger partial charge in [0.05, 0.1) is 6.20 Å². The van der Waals surface area contributed by atoms with E-state index in [1.807, 2.05) is 55.3 Å². The first-order chi connectivity index (χ1) is 12.5. The van der Waals surface area contributed by atoms with Crippen LogP contribution in [-0.4, -0.2) is 52.7 Å². The number of nitrogens with zero attached hydrogens (tertiary/aromatic N) is 4. The Morgan fingerprint density at radius 1 is 1.35 bits per heavy atom. The molecule has 0 unspecified atom stereocenters. The molecule has 1 aromatic heterocycles. The summed E-state index contributed by atoms with van der Waals surface area (Å²) in [5.74, 6) is 0.120. The molecule has 26 heavy (non-hydrogen) atoms. The van der Waals surface area contributed by atoms with Crippen LogP contribution in [-0.2, 0) is 11.8 Å². The van der Waals surface area contributed by atoms with Crippen LogP contribution >= 0.6 is 0 Å². The first-order valence-electron chi connectivity index (χ1n) is 9.20. The van der Waals surface area contributed by atoms with Crippen LogP contribution in [0.25, 0.3) is 0 Å². The van der Waals surface area contributed by atoms with Crippen molar-refractivity contribution in [2.45, 2.75) is 24.9 Å². The molecular weight excluding hydrogens is 326 g/mol. The van der Waals surface area contributed by atoms with Gasteiger partial charge in [0.2, 0.25) is 5.91 Å². The largest absolute Gasteiger partial charge is 0.368 e. The van der Waals surface area contributed by atoms with E-state index in [1.54, 1.807) is 0 Å². The normalized spacial score (nSPS) is 22.5. The number of aromatic nitrogens is 2. The molecule has 1 aliphatic heterocycles. The number of carbonyl (C=O) groups is 1. The maximum atomic E-state index is 12.2. The van der Waals surface area contributed by atoms with Gasteiger partial charge in [-0.05, 0) is 45.0 Å². The van der Waals surface area contributed by atoms with Gasteiger partial charge in [0.1, 0.15) is 6.04 Å². The minimum Gasteiger partial charge on any atom is -0.368 e. The number of nitrogens with two attached hydrogens (primary N) is 1. The number of carbonyl (C=O) groups excluding carboxylic acids is 1. The lowest BCUT2D eigenvalue weighted by molar-refractivity contribution is -0.123. The number of hydrogen-bond acceptors (Lipinski definition) is 4. The van der Waals surface area contributed by atoms with Crippen molar-refractivity contribution >= 4 is 5.91 Å². The van der Waals surface area contributed by atoms with E-state index in [-0.39, 0.29) is 5.91 Å². The minimum absolute atomic E-state index is 0.305. The molecule has 1 aromatic carbocycles. The molecule has 3 atom stereocenters. The zero-order chi connectivity index (χ0) is 18.7. The van der Waals surface area contributed by atoms with Crippen LogP contribution in [0.2, 0.25) is 0 Å². The Morgan fingerprint density at radius 3 is 2.69 bits per heavy atom. The van der Waals surface area contributed by atoms with E-state index in [4.69, 9.17) is 5.73 Å². The molecular formula is C20H29N5O. The van der Waals surface area contributed by atoms with Gasteiger partial charge in [-0.2, -0.15) is 5.10 Å². The third kappa shape index (κ3) is 3.97. The number of aryl methyl sites for hydroxylation is 1.